The van der Waals surface area contributed by atoms with E-state index in [-0.39, 0.29) is 30.7 Å². The van der Waals surface area contributed by atoms with E-state index in [1.165, 1.54) is 10.5 Å². The fourth-order valence-corrected chi connectivity index (χ4v) is 4.17. The first-order valence-corrected chi connectivity index (χ1v) is 10.6. The maximum atomic E-state index is 12.9. The molecule has 0 aromatic heterocycles. The van der Waals surface area contributed by atoms with Crippen molar-refractivity contribution >= 4 is 23.4 Å². The molecule has 1 aliphatic rings. The lowest BCUT2D eigenvalue weighted by molar-refractivity contribution is -0.137. The van der Waals surface area contributed by atoms with Crippen LogP contribution in [0.2, 0.25) is 0 Å². The average molecular weight is 422 g/mol. The zero-order valence-electron chi connectivity index (χ0n) is 19.0. The Balaban J connectivity index is 1.56. The number of benzene rings is 2. The van der Waals surface area contributed by atoms with Gasteiger partial charge in [-0.1, -0.05) is 47.5 Å². The summed E-state index contributed by atoms with van der Waals surface area (Å²) < 4.78 is 0. The smallest absolute Gasteiger partial charge is 0.243 e. The van der Waals surface area contributed by atoms with Crippen LogP contribution in [0.1, 0.15) is 34.2 Å². The van der Waals surface area contributed by atoms with E-state index in [9.17, 15) is 14.4 Å². The lowest BCUT2D eigenvalue weighted by Crippen LogP contribution is -2.39. The van der Waals surface area contributed by atoms with E-state index < -0.39 is 5.92 Å². The number of likely N-dealkylation sites (N-methyl/N-ethyl adjacent to an activating group) is 1. The average Bonchev–Trinajstić information content (AvgIpc) is 3.06. The number of nitrogens with zero attached hydrogens (tertiary/aromatic N) is 2. The minimum atomic E-state index is -0.418. The third kappa shape index (κ3) is 5.51. The summed E-state index contributed by atoms with van der Waals surface area (Å²) in [4.78, 5) is 41.0. The number of rotatable bonds is 6. The van der Waals surface area contributed by atoms with E-state index in [1.54, 1.807) is 11.9 Å². The van der Waals surface area contributed by atoms with Crippen LogP contribution in [0.25, 0.3) is 0 Å². The number of aryl methyl sites for hydroxylation is 4. The molecule has 3 rings (SSSR count). The zero-order chi connectivity index (χ0) is 22.7. The van der Waals surface area contributed by atoms with Crippen LogP contribution in [0.4, 0.5) is 5.69 Å². The third-order valence-electron chi connectivity index (χ3n) is 5.76. The predicted octanol–water partition coefficient (Wildman–Crippen LogP) is 3.37. The molecule has 6 heteroatoms. The van der Waals surface area contributed by atoms with Gasteiger partial charge in [-0.05, 0) is 44.4 Å². The molecule has 164 valence electrons. The Bertz CT molecular complexity index is 975. The third-order valence-corrected chi connectivity index (χ3v) is 5.76. The van der Waals surface area contributed by atoms with E-state index in [2.05, 4.69) is 5.32 Å². The van der Waals surface area contributed by atoms with Gasteiger partial charge in [-0.2, -0.15) is 0 Å². The summed E-state index contributed by atoms with van der Waals surface area (Å²) >= 11 is 0. The van der Waals surface area contributed by atoms with Crippen molar-refractivity contribution in [3.05, 3.63) is 64.2 Å². The van der Waals surface area contributed by atoms with Crippen molar-refractivity contribution in [2.75, 3.05) is 25.5 Å². The molecule has 0 bridgehead atoms. The minimum absolute atomic E-state index is 0.0253. The maximum Gasteiger partial charge on any atom is 0.243 e. The van der Waals surface area contributed by atoms with Gasteiger partial charge < -0.3 is 15.1 Å². The standard InChI is InChI=1S/C25H31N3O3/c1-16-6-8-20(9-7-16)13-28-14-21(12-23(28)30)25(31)27(5)15-22(29)26-24-18(3)10-17(2)11-19(24)4/h6-11,21H,12-15H2,1-5H3,(H,26,29). The molecule has 2 aromatic carbocycles. The second-order valence-electron chi connectivity index (χ2n) is 8.68. The maximum absolute atomic E-state index is 12.9. The van der Waals surface area contributed by atoms with Crippen molar-refractivity contribution < 1.29 is 14.4 Å². The first-order valence-electron chi connectivity index (χ1n) is 10.6. The largest absolute Gasteiger partial charge is 0.338 e. The SMILES string of the molecule is Cc1ccc(CN2CC(C(=O)N(C)CC(=O)Nc3c(C)cc(C)cc3C)CC2=O)cc1. The van der Waals surface area contributed by atoms with Gasteiger partial charge in [0.2, 0.25) is 17.7 Å². The molecule has 1 aliphatic heterocycles. The molecule has 3 amide bonds. The number of likely N-dealkylation sites (tertiary alicyclic amines) is 1. The molecule has 31 heavy (non-hydrogen) atoms. The van der Waals surface area contributed by atoms with Gasteiger partial charge in [0.15, 0.2) is 0 Å². The Kier molecular flexibility index (Phi) is 6.78. The topological polar surface area (TPSA) is 69.7 Å². The monoisotopic (exact) mass is 421 g/mol. The highest BCUT2D eigenvalue weighted by Gasteiger charge is 2.36. The van der Waals surface area contributed by atoms with Crippen molar-refractivity contribution in [3.8, 4) is 0 Å². The summed E-state index contributed by atoms with van der Waals surface area (Å²) in [6.45, 7) is 8.78. The summed E-state index contributed by atoms with van der Waals surface area (Å²) in [6.07, 6.45) is 0.187. The van der Waals surface area contributed by atoms with Crippen LogP contribution < -0.4 is 5.32 Å². The highest BCUT2D eigenvalue weighted by Crippen LogP contribution is 2.23. The Morgan fingerprint density at radius 2 is 1.65 bits per heavy atom. The lowest BCUT2D eigenvalue weighted by Gasteiger charge is -2.22. The second kappa shape index (κ2) is 9.33. The quantitative estimate of drug-likeness (QED) is 0.778. The fraction of sp³-hybridized carbons (Fsp3) is 0.400. The second-order valence-corrected chi connectivity index (χ2v) is 8.68. The molecule has 1 N–H and O–H groups in total. The van der Waals surface area contributed by atoms with Gasteiger partial charge in [0.1, 0.15) is 0 Å². The predicted molar refractivity (Wildman–Crippen MR) is 122 cm³/mol. The number of nitrogens with one attached hydrogen (secondary N) is 1. The van der Waals surface area contributed by atoms with E-state index in [4.69, 9.17) is 0 Å². The molecule has 6 nitrogen and oxygen atoms in total. The molecule has 2 aromatic rings. The van der Waals surface area contributed by atoms with Gasteiger partial charge in [-0.25, -0.2) is 0 Å². The van der Waals surface area contributed by atoms with E-state index in [1.807, 2.05) is 64.1 Å². The number of hydrogen-bond donors (Lipinski definition) is 1. The van der Waals surface area contributed by atoms with Crippen LogP contribution in [0, 0.1) is 33.6 Å². The Morgan fingerprint density at radius 3 is 2.26 bits per heavy atom. The van der Waals surface area contributed by atoms with Crippen LogP contribution in [-0.4, -0.2) is 47.7 Å². The molecule has 1 heterocycles. The van der Waals surface area contributed by atoms with Crippen LogP contribution >= 0.6 is 0 Å². The molecular formula is C25H31N3O3. The van der Waals surface area contributed by atoms with Gasteiger partial charge in [0.05, 0.1) is 12.5 Å². The summed E-state index contributed by atoms with van der Waals surface area (Å²) in [5, 5.41) is 2.93. The van der Waals surface area contributed by atoms with E-state index in [0.717, 1.165) is 27.9 Å². The zero-order valence-corrected chi connectivity index (χ0v) is 19.0. The van der Waals surface area contributed by atoms with Gasteiger partial charge in [0, 0.05) is 32.2 Å². The molecule has 1 atom stereocenters. The van der Waals surface area contributed by atoms with Crippen molar-refractivity contribution in [2.24, 2.45) is 5.92 Å². The van der Waals surface area contributed by atoms with Gasteiger partial charge in [0.25, 0.3) is 0 Å². The van der Waals surface area contributed by atoms with Crippen molar-refractivity contribution in [1.82, 2.24) is 9.80 Å². The number of carbonyl (C=O) groups is 3. The summed E-state index contributed by atoms with van der Waals surface area (Å²) in [6, 6.07) is 12.1. The van der Waals surface area contributed by atoms with Crippen molar-refractivity contribution in [2.45, 2.75) is 40.7 Å². The van der Waals surface area contributed by atoms with Crippen LogP contribution in [-0.2, 0) is 20.9 Å². The molecule has 1 unspecified atom stereocenters. The molecule has 0 spiro atoms. The van der Waals surface area contributed by atoms with E-state index >= 15 is 0 Å². The van der Waals surface area contributed by atoms with Crippen LogP contribution in [0.5, 0.6) is 0 Å². The first kappa shape index (κ1) is 22.5. The minimum Gasteiger partial charge on any atom is -0.338 e. The highest BCUT2D eigenvalue weighted by molar-refractivity contribution is 5.97. The lowest BCUT2D eigenvalue weighted by atomic mass is 10.0. The van der Waals surface area contributed by atoms with Crippen molar-refractivity contribution in [3.63, 3.8) is 0 Å². The van der Waals surface area contributed by atoms with Crippen LogP contribution in [0.3, 0.4) is 0 Å². The van der Waals surface area contributed by atoms with E-state index in [0.29, 0.717) is 13.1 Å². The number of anilines is 1. The summed E-state index contributed by atoms with van der Waals surface area (Å²) in [5.74, 6) is -0.861. The molecule has 1 saturated heterocycles. The van der Waals surface area contributed by atoms with Gasteiger partial charge >= 0.3 is 0 Å². The van der Waals surface area contributed by atoms with Crippen LogP contribution in [0.15, 0.2) is 36.4 Å². The fourth-order valence-electron chi connectivity index (χ4n) is 4.17. The summed E-state index contributed by atoms with van der Waals surface area (Å²) in [5.41, 5.74) is 6.13. The summed E-state index contributed by atoms with van der Waals surface area (Å²) in [7, 11) is 1.61. The molecule has 0 aliphatic carbocycles. The molecule has 1 fully saturated rings. The number of hydrogen-bond acceptors (Lipinski definition) is 3. The van der Waals surface area contributed by atoms with Gasteiger partial charge in [-0.15, -0.1) is 0 Å². The van der Waals surface area contributed by atoms with Crippen molar-refractivity contribution in [1.29, 1.82) is 0 Å². The molecule has 0 radical (unpaired) electrons. The number of amides is 3. The Hall–Kier alpha value is -3.15. The number of carbonyl (C=O) groups excluding carboxylic acids is 3. The molecule has 0 saturated carbocycles. The Labute approximate surface area is 184 Å². The Morgan fingerprint density at radius 1 is 1.03 bits per heavy atom. The highest BCUT2D eigenvalue weighted by atomic mass is 16.2. The van der Waals surface area contributed by atoms with Gasteiger partial charge in [-0.3, -0.25) is 14.4 Å². The first-order chi connectivity index (χ1) is 14.6. The molecular weight excluding hydrogens is 390 g/mol. The normalized spacial score (nSPS) is 15.8.